The lowest BCUT2D eigenvalue weighted by Crippen LogP contribution is -1.90. The second-order valence-corrected chi connectivity index (χ2v) is 3.05. The zero-order chi connectivity index (χ0) is 7.40. The molecule has 0 aliphatic carbocycles. The zero-order valence-corrected chi connectivity index (χ0v) is 7.87. The van der Waals surface area contributed by atoms with Gasteiger partial charge in [-0.25, -0.2) is 4.98 Å². The second kappa shape index (κ2) is 5.35. The standard InChI is InChI=1S/C6H10N2OS.ClH/c1-9-3-2-5-4-8-6(7)10-5;/h4H,2-3H2,1H3,(H2,7,8);1H. The van der Waals surface area contributed by atoms with Gasteiger partial charge < -0.3 is 10.5 Å². The first-order chi connectivity index (χ1) is 4.83. The van der Waals surface area contributed by atoms with Crippen LogP contribution in [0.3, 0.4) is 0 Å². The van der Waals surface area contributed by atoms with Crippen LogP contribution in [-0.4, -0.2) is 18.7 Å². The van der Waals surface area contributed by atoms with Crippen molar-refractivity contribution < 1.29 is 4.74 Å². The molecule has 0 aliphatic heterocycles. The highest BCUT2D eigenvalue weighted by molar-refractivity contribution is 7.15. The van der Waals surface area contributed by atoms with Crippen molar-refractivity contribution in [2.24, 2.45) is 0 Å². The molecule has 0 radical (unpaired) electrons. The van der Waals surface area contributed by atoms with E-state index in [1.165, 1.54) is 16.2 Å². The van der Waals surface area contributed by atoms with Gasteiger partial charge in [0.15, 0.2) is 5.13 Å². The minimum Gasteiger partial charge on any atom is -0.384 e. The van der Waals surface area contributed by atoms with Crippen molar-refractivity contribution in [2.45, 2.75) is 6.42 Å². The van der Waals surface area contributed by atoms with Crippen LogP contribution >= 0.6 is 23.7 Å². The lowest BCUT2D eigenvalue weighted by atomic mass is 10.4. The van der Waals surface area contributed by atoms with Gasteiger partial charge in [-0.1, -0.05) is 0 Å². The van der Waals surface area contributed by atoms with Crippen LogP contribution in [0.1, 0.15) is 4.88 Å². The predicted octanol–water partition coefficient (Wildman–Crippen LogP) is 1.34. The van der Waals surface area contributed by atoms with Crippen molar-refractivity contribution in [2.75, 3.05) is 19.5 Å². The van der Waals surface area contributed by atoms with E-state index >= 15 is 0 Å². The fourth-order valence-electron chi connectivity index (χ4n) is 0.641. The number of nitrogens with zero attached hydrogens (tertiary/aromatic N) is 1. The molecular formula is C6H11ClN2OS. The number of methoxy groups -OCH3 is 1. The predicted molar refractivity (Wildman–Crippen MR) is 49.4 cm³/mol. The molecule has 0 atom stereocenters. The number of nitrogens with two attached hydrogens (primary N) is 1. The molecule has 0 saturated carbocycles. The number of halogens is 1. The van der Waals surface area contributed by atoms with Gasteiger partial charge in [0, 0.05) is 24.6 Å². The van der Waals surface area contributed by atoms with E-state index in [4.69, 9.17) is 10.5 Å². The summed E-state index contributed by atoms with van der Waals surface area (Å²) in [6.07, 6.45) is 2.70. The number of rotatable bonds is 3. The van der Waals surface area contributed by atoms with Crippen molar-refractivity contribution in [1.82, 2.24) is 4.98 Å². The molecule has 1 rings (SSSR count). The molecule has 0 aliphatic rings. The maximum atomic E-state index is 5.42. The molecule has 11 heavy (non-hydrogen) atoms. The van der Waals surface area contributed by atoms with E-state index in [1.807, 2.05) is 0 Å². The number of hydrogen-bond donors (Lipinski definition) is 1. The average molecular weight is 195 g/mol. The highest BCUT2D eigenvalue weighted by Gasteiger charge is 1.96. The Bertz CT molecular complexity index is 204. The minimum absolute atomic E-state index is 0. The molecule has 64 valence electrons. The Morgan fingerprint density at radius 2 is 2.45 bits per heavy atom. The minimum atomic E-state index is 0. The molecule has 5 heteroatoms. The van der Waals surface area contributed by atoms with Gasteiger partial charge >= 0.3 is 0 Å². The highest BCUT2D eigenvalue weighted by Crippen LogP contribution is 2.14. The molecule has 1 aromatic heterocycles. The number of hydrogen-bond acceptors (Lipinski definition) is 4. The number of anilines is 1. The Labute approximate surface area is 76.0 Å². The Hall–Kier alpha value is -0.320. The molecule has 3 nitrogen and oxygen atoms in total. The lowest BCUT2D eigenvalue weighted by molar-refractivity contribution is 0.203. The smallest absolute Gasteiger partial charge is 0.180 e. The average Bonchev–Trinajstić information content (AvgIpc) is 2.31. The summed E-state index contributed by atoms with van der Waals surface area (Å²) in [5.41, 5.74) is 5.42. The van der Waals surface area contributed by atoms with E-state index in [0.717, 1.165) is 13.0 Å². The summed E-state index contributed by atoms with van der Waals surface area (Å²) in [6.45, 7) is 0.738. The molecule has 0 spiro atoms. The molecule has 0 saturated heterocycles. The lowest BCUT2D eigenvalue weighted by Gasteiger charge is -1.91. The summed E-state index contributed by atoms with van der Waals surface area (Å²) in [5, 5.41) is 0.631. The van der Waals surface area contributed by atoms with Gasteiger partial charge in [0.25, 0.3) is 0 Å². The second-order valence-electron chi connectivity index (χ2n) is 1.91. The van der Waals surface area contributed by atoms with E-state index < -0.39 is 0 Å². The molecular weight excluding hydrogens is 184 g/mol. The monoisotopic (exact) mass is 194 g/mol. The summed E-state index contributed by atoms with van der Waals surface area (Å²) >= 11 is 1.51. The van der Waals surface area contributed by atoms with Crippen molar-refractivity contribution >= 4 is 28.9 Å². The SMILES string of the molecule is COCCc1cnc(N)s1.Cl. The molecule has 0 aromatic carbocycles. The largest absolute Gasteiger partial charge is 0.384 e. The van der Waals surface area contributed by atoms with Gasteiger partial charge in [-0.05, 0) is 0 Å². The van der Waals surface area contributed by atoms with E-state index in [9.17, 15) is 0 Å². The van der Waals surface area contributed by atoms with Gasteiger partial charge in [0.05, 0.1) is 6.61 Å². The van der Waals surface area contributed by atoms with Crippen molar-refractivity contribution in [3.8, 4) is 0 Å². The zero-order valence-electron chi connectivity index (χ0n) is 6.24. The van der Waals surface area contributed by atoms with Crippen LogP contribution < -0.4 is 5.73 Å². The van der Waals surface area contributed by atoms with Crippen LogP contribution in [-0.2, 0) is 11.2 Å². The van der Waals surface area contributed by atoms with E-state index in [-0.39, 0.29) is 12.4 Å². The van der Waals surface area contributed by atoms with E-state index in [0.29, 0.717) is 5.13 Å². The summed E-state index contributed by atoms with van der Waals surface area (Å²) in [5.74, 6) is 0. The topological polar surface area (TPSA) is 48.1 Å². The van der Waals surface area contributed by atoms with Gasteiger partial charge in [-0.3, -0.25) is 0 Å². The van der Waals surface area contributed by atoms with Gasteiger partial charge in [0.1, 0.15) is 0 Å². The summed E-state index contributed by atoms with van der Waals surface area (Å²) < 4.78 is 4.89. The third kappa shape index (κ3) is 3.55. The Morgan fingerprint density at radius 1 is 1.73 bits per heavy atom. The number of ether oxygens (including phenoxy) is 1. The summed E-state index contributed by atoms with van der Waals surface area (Å²) in [6, 6.07) is 0. The quantitative estimate of drug-likeness (QED) is 0.790. The first kappa shape index (κ1) is 10.7. The van der Waals surface area contributed by atoms with Gasteiger partial charge in [0.2, 0.25) is 0 Å². The van der Waals surface area contributed by atoms with Crippen LogP contribution in [0.4, 0.5) is 5.13 Å². The third-order valence-electron chi connectivity index (χ3n) is 1.12. The Kier molecular flexibility index (Phi) is 5.19. The molecule has 1 heterocycles. The fraction of sp³-hybridized carbons (Fsp3) is 0.500. The Balaban J connectivity index is 0.000001000. The summed E-state index contributed by atoms with van der Waals surface area (Å²) in [4.78, 5) is 5.09. The van der Waals surface area contributed by atoms with Crippen LogP contribution in [0.2, 0.25) is 0 Å². The molecule has 0 amide bonds. The Morgan fingerprint density at radius 3 is 2.91 bits per heavy atom. The maximum absolute atomic E-state index is 5.42. The number of aromatic nitrogens is 1. The van der Waals surface area contributed by atoms with Crippen molar-refractivity contribution in [1.29, 1.82) is 0 Å². The van der Waals surface area contributed by atoms with Gasteiger partial charge in [-0.15, -0.1) is 23.7 Å². The molecule has 0 fully saturated rings. The normalized spacial score (nSPS) is 9.18. The fourth-order valence-corrected chi connectivity index (χ4v) is 1.31. The maximum Gasteiger partial charge on any atom is 0.180 e. The highest BCUT2D eigenvalue weighted by atomic mass is 35.5. The third-order valence-corrected chi connectivity index (χ3v) is 2.01. The van der Waals surface area contributed by atoms with Gasteiger partial charge in [-0.2, -0.15) is 0 Å². The van der Waals surface area contributed by atoms with Crippen molar-refractivity contribution in [3.05, 3.63) is 11.1 Å². The van der Waals surface area contributed by atoms with E-state index in [1.54, 1.807) is 13.3 Å². The first-order valence-electron chi connectivity index (χ1n) is 3.02. The number of thiazole rings is 1. The van der Waals surface area contributed by atoms with Crippen LogP contribution in [0, 0.1) is 0 Å². The summed E-state index contributed by atoms with van der Waals surface area (Å²) in [7, 11) is 1.68. The molecule has 2 N–H and O–H groups in total. The van der Waals surface area contributed by atoms with E-state index in [2.05, 4.69) is 4.98 Å². The molecule has 1 aromatic rings. The molecule has 0 bridgehead atoms. The van der Waals surface area contributed by atoms with Crippen LogP contribution in [0.15, 0.2) is 6.20 Å². The van der Waals surface area contributed by atoms with Crippen molar-refractivity contribution in [3.63, 3.8) is 0 Å². The molecule has 0 unspecified atom stereocenters. The number of nitrogen functional groups attached to an aromatic ring is 1. The van der Waals surface area contributed by atoms with Crippen LogP contribution in [0.5, 0.6) is 0 Å². The first-order valence-corrected chi connectivity index (χ1v) is 3.83. The van der Waals surface area contributed by atoms with Crippen LogP contribution in [0.25, 0.3) is 0 Å².